The third-order valence-electron chi connectivity index (χ3n) is 2.64. The van der Waals surface area contributed by atoms with E-state index in [4.69, 9.17) is 5.11 Å². The van der Waals surface area contributed by atoms with Crippen LogP contribution in [0.25, 0.3) is 0 Å². The highest BCUT2D eigenvalue weighted by Gasteiger charge is 1.98. The largest absolute Gasteiger partial charge is 0.508 e. The summed E-state index contributed by atoms with van der Waals surface area (Å²) in [5.74, 6) is 0.760. The molecule has 0 unspecified atom stereocenters. The van der Waals surface area contributed by atoms with Crippen LogP contribution < -0.4 is 0 Å². The van der Waals surface area contributed by atoms with Crippen molar-refractivity contribution in [1.29, 1.82) is 0 Å². The Balaban J connectivity index is 0.000000184. The maximum absolute atomic E-state index is 9.33. The third-order valence-corrected chi connectivity index (χ3v) is 2.64. The highest BCUT2D eigenvalue weighted by Crippen LogP contribution is 2.21. The van der Waals surface area contributed by atoms with Gasteiger partial charge in [0.1, 0.15) is 11.5 Å². The van der Waals surface area contributed by atoms with E-state index in [1.807, 2.05) is 52.0 Å². The molecule has 0 radical (unpaired) electrons. The molecule has 0 saturated heterocycles. The van der Waals surface area contributed by atoms with E-state index in [0.717, 1.165) is 16.7 Å². The topological polar surface area (TPSA) is 40.5 Å². The summed E-state index contributed by atoms with van der Waals surface area (Å²) >= 11 is 0. The smallest absolute Gasteiger partial charge is 0.121 e. The Morgan fingerprint density at radius 1 is 0.722 bits per heavy atom. The van der Waals surface area contributed by atoms with Gasteiger partial charge < -0.3 is 10.2 Å². The summed E-state index contributed by atoms with van der Waals surface area (Å²) in [4.78, 5) is 0. The maximum atomic E-state index is 9.33. The van der Waals surface area contributed by atoms with Crippen LogP contribution in [0.2, 0.25) is 0 Å². The summed E-state index contributed by atoms with van der Waals surface area (Å²) in [6.45, 7) is 7.80. The molecule has 18 heavy (non-hydrogen) atoms. The Bertz CT molecular complexity index is 490. The molecule has 0 amide bonds. The van der Waals surface area contributed by atoms with E-state index in [2.05, 4.69) is 0 Å². The highest BCUT2D eigenvalue weighted by molar-refractivity contribution is 5.41. The summed E-state index contributed by atoms with van der Waals surface area (Å²) < 4.78 is 0. The normalized spacial score (nSPS) is 9.56. The zero-order valence-corrected chi connectivity index (χ0v) is 11.4. The number of phenols is 2. The molecule has 2 rings (SSSR count). The second-order valence-electron chi connectivity index (χ2n) is 4.59. The van der Waals surface area contributed by atoms with Crippen LogP contribution in [0.15, 0.2) is 36.4 Å². The van der Waals surface area contributed by atoms with Crippen molar-refractivity contribution < 1.29 is 10.2 Å². The summed E-state index contributed by atoms with van der Waals surface area (Å²) in [5.41, 5.74) is 4.20. The van der Waals surface area contributed by atoms with Crippen LogP contribution in [-0.4, -0.2) is 10.2 Å². The molecular formula is C16H20O2. The zero-order valence-electron chi connectivity index (χ0n) is 11.4. The fourth-order valence-electron chi connectivity index (χ4n) is 1.80. The fraction of sp³-hybridized carbons (Fsp3) is 0.250. The van der Waals surface area contributed by atoms with E-state index >= 15 is 0 Å². The van der Waals surface area contributed by atoms with Gasteiger partial charge in [-0.25, -0.2) is 0 Å². The van der Waals surface area contributed by atoms with Crippen LogP contribution in [0.3, 0.4) is 0 Å². The highest BCUT2D eigenvalue weighted by atomic mass is 16.3. The molecule has 2 heteroatoms. The van der Waals surface area contributed by atoms with Crippen LogP contribution in [0.4, 0.5) is 0 Å². The van der Waals surface area contributed by atoms with Crippen molar-refractivity contribution in [3.05, 3.63) is 58.7 Å². The standard InChI is InChI=1S/C9H12O.C7H8O/c1-6-4-7(2)9(10)8(3)5-6;1-6-3-2-4-7(8)5-6/h4-5,10H,1-3H3;2-5,8H,1H3. The summed E-state index contributed by atoms with van der Waals surface area (Å²) in [6, 6.07) is 11.1. The molecule has 2 aromatic rings. The molecule has 2 nitrogen and oxygen atoms in total. The fourth-order valence-corrected chi connectivity index (χ4v) is 1.80. The predicted molar refractivity (Wildman–Crippen MR) is 75.2 cm³/mol. The first kappa shape index (κ1) is 14.1. The van der Waals surface area contributed by atoms with Gasteiger partial charge in [0.25, 0.3) is 0 Å². The average Bonchev–Trinajstić information content (AvgIpc) is 2.26. The number of hydrogen-bond donors (Lipinski definition) is 2. The van der Waals surface area contributed by atoms with Crippen molar-refractivity contribution in [2.24, 2.45) is 0 Å². The van der Waals surface area contributed by atoms with Gasteiger partial charge in [0.2, 0.25) is 0 Å². The first-order valence-corrected chi connectivity index (χ1v) is 5.92. The molecule has 96 valence electrons. The van der Waals surface area contributed by atoms with Gasteiger partial charge in [-0.15, -0.1) is 0 Å². The predicted octanol–water partition coefficient (Wildman–Crippen LogP) is 4.02. The molecule has 0 aliphatic carbocycles. The molecule has 0 aromatic heterocycles. The Morgan fingerprint density at radius 3 is 1.67 bits per heavy atom. The molecule has 0 heterocycles. The SMILES string of the molecule is Cc1cc(C)c(O)c(C)c1.Cc1cccc(O)c1. The molecular weight excluding hydrogens is 224 g/mol. The molecule has 0 saturated carbocycles. The molecule has 0 aliphatic rings. The molecule has 0 atom stereocenters. The van der Waals surface area contributed by atoms with Gasteiger partial charge >= 0.3 is 0 Å². The van der Waals surface area contributed by atoms with Crippen molar-refractivity contribution in [3.63, 3.8) is 0 Å². The van der Waals surface area contributed by atoms with Gasteiger partial charge in [0.15, 0.2) is 0 Å². The number of aromatic hydroxyl groups is 2. The van der Waals surface area contributed by atoms with Crippen molar-refractivity contribution in [2.75, 3.05) is 0 Å². The van der Waals surface area contributed by atoms with Crippen LogP contribution in [0, 0.1) is 27.7 Å². The molecule has 0 fully saturated rings. The number of benzene rings is 2. The van der Waals surface area contributed by atoms with E-state index in [0.29, 0.717) is 11.5 Å². The second-order valence-corrected chi connectivity index (χ2v) is 4.59. The number of hydrogen-bond acceptors (Lipinski definition) is 2. The molecule has 2 N–H and O–H groups in total. The minimum Gasteiger partial charge on any atom is -0.508 e. The molecule has 0 aliphatic heterocycles. The summed E-state index contributed by atoms with van der Waals surface area (Å²) in [6.07, 6.45) is 0. The van der Waals surface area contributed by atoms with E-state index in [1.165, 1.54) is 5.56 Å². The lowest BCUT2D eigenvalue weighted by atomic mass is 10.1. The Kier molecular flexibility index (Phi) is 4.78. The maximum Gasteiger partial charge on any atom is 0.121 e. The summed E-state index contributed by atoms with van der Waals surface area (Å²) in [7, 11) is 0. The molecule has 2 aromatic carbocycles. The van der Waals surface area contributed by atoms with Crippen LogP contribution in [-0.2, 0) is 0 Å². The number of phenolic OH excluding ortho intramolecular Hbond substituents is 2. The molecule has 0 bridgehead atoms. The van der Waals surface area contributed by atoms with Crippen molar-refractivity contribution >= 4 is 0 Å². The minimum atomic E-state index is 0.338. The Labute approximate surface area is 109 Å². The lowest BCUT2D eigenvalue weighted by Gasteiger charge is -2.03. The Morgan fingerprint density at radius 2 is 1.28 bits per heavy atom. The minimum absolute atomic E-state index is 0.338. The quantitative estimate of drug-likeness (QED) is 0.735. The van der Waals surface area contributed by atoms with E-state index in [-0.39, 0.29) is 0 Å². The second kappa shape index (κ2) is 6.10. The van der Waals surface area contributed by atoms with Gasteiger partial charge in [0, 0.05) is 0 Å². The van der Waals surface area contributed by atoms with E-state index in [1.54, 1.807) is 12.1 Å². The first-order valence-electron chi connectivity index (χ1n) is 5.92. The van der Waals surface area contributed by atoms with E-state index in [9.17, 15) is 5.11 Å². The lowest BCUT2D eigenvalue weighted by Crippen LogP contribution is -1.81. The van der Waals surface area contributed by atoms with Gasteiger partial charge in [-0.2, -0.15) is 0 Å². The van der Waals surface area contributed by atoms with Gasteiger partial charge in [-0.05, 0) is 56.5 Å². The number of aryl methyl sites for hydroxylation is 4. The van der Waals surface area contributed by atoms with Crippen molar-refractivity contribution in [2.45, 2.75) is 27.7 Å². The monoisotopic (exact) mass is 244 g/mol. The van der Waals surface area contributed by atoms with Crippen LogP contribution in [0.1, 0.15) is 22.3 Å². The van der Waals surface area contributed by atoms with Crippen molar-refractivity contribution in [1.82, 2.24) is 0 Å². The van der Waals surface area contributed by atoms with Gasteiger partial charge in [0.05, 0.1) is 0 Å². The molecule has 0 spiro atoms. The first-order chi connectivity index (χ1) is 8.40. The zero-order chi connectivity index (χ0) is 13.7. The Hall–Kier alpha value is -1.96. The lowest BCUT2D eigenvalue weighted by molar-refractivity contribution is 0.466. The number of rotatable bonds is 0. The third kappa shape index (κ3) is 4.13. The summed E-state index contributed by atoms with van der Waals surface area (Å²) in [5, 5.41) is 18.1. The average molecular weight is 244 g/mol. The van der Waals surface area contributed by atoms with E-state index < -0.39 is 0 Å². The van der Waals surface area contributed by atoms with Crippen LogP contribution in [0.5, 0.6) is 11.5 Å². The van der Waals surface area contributed by atoms with Gasteiger partial charge in [-0.3, -0.25) is 0 Å². The van der Waals surface area contributed by atoms with Crippen molar-refractivity contribution in [3.8, 4) is 11.5 Å². The van der Waals surface area contributed by atoms with Gasteiger partial charge in [-0.1, -0.05) is 29.8 Å². The van der Waals surface area contributed by atoms with Crippen LogP contribution >= 0.6 is 0 Å².